The maximum absolute atomic E-state index is 5.53. The van der Waals surface area contributed by atoms with Gasteiger partial charge in [-0.15, -0.1) is 0 Å². The number of hydrogen-bond donors (Lipinski definition) is 0. The molecule has 146 valence electrons. The first-order chi connectivity index (χ1) is 13.8. The van der Waals surface area contributed by atoms with Gasteiger partial charge in [0.15, 0.2) is 17.0 Å². The number of anilines is 1. The molecule has 3 heterocycles. The van der Waals surface area contributed by atoms with E-state index in [1.165, 1.54) is 18.4 Å². The third-order valence-electron chi connectivity index (χ3n) is 5.59. The topological polar surface area (TPSA) is 59.3 Å². The normalized spacial score (nSPS) is 18.0. The minimum Gasteiger partial charge on any atom is -0.494 e. The van der Waals surface area contributed by atoms with E-state index in [2.05, 4.69) is 53.6 Å². The molecule has 0 atom stereocenters. The molecule has 1 saturated carbocycles. The minimum absolute atomic E-state index is 0.582. The van der Waals surface area contributed by atoms with Gasteiger partial charge in [-0.1, -0.05) is 12.1 Å². The summed E-state index contributed by atoms with van der Waals surface area (Å²) >= 11 is 0. The van der Waals surface area contributed by atoms with Crippen LogP contribution < -0.4 is 9.64 Å². The summed E-state index contributed by atoms with van der Waals surface area (Å²) in [6.07, 6.45) is 6.08. The molecular weight excluding hydrogens is 352 g/mol. The fraction of sp³-hybridized carbons (Fsp3) is 0.476. The lowest BCUT2D eigenvalue weighted by Gasteiger charge is -2.35. The number of piperazine rings is 1. The number of imidazole rings is 1. The van der Waals surface area contributed by atoms with Gasteiger partial charge >= 0.3 is 0 Å². The average molecular weight is 378 g/mol. The van der Waals surface area contributed by atoms with E-state index in [-0.39, 0.29) is 0 Å². The van der Waals surface area contributed by atoms with Gasteiger partial charge in [0.25, 0.3) is 0 Å². The molecule has 2 aliphatic rings. The molecule has 0 amide bonds. The Morgan fingerprint density at radius 2 is 1.79 bits per heavy atom. The maximum Gasteiger partial charge on any atom is 0.165 e. The second-order valence-electron chi connectivity index (χ2n) is 7.59. The molecule has 0 unspecified atom stereocenters. The van der Waals surface area contributed by atoms with Crippen molar-refractivity contribution in [2.45, 2.75) is 32.4 Å². The Kier molecular flexibility index (Phi) is 4.60. The Morgan fingerprint density at radius 3 is 2.50 bits per heavy atom. The Labute approximate surface area is 165 Å². The molecule has 0 spiro atoms. The van der Waals surface area contributed by atoms with Gasteiger partial charge in [-0.25, -0.2) is 15.0 Å². The van der Waals surface area contributed by atoms with Gasteiger partial charge in [0.1, 0.15) is 12.1 Å². The highest BCUT2D eigenvalue weighted by Gasteiger charge is 2.27. The molecule has 0 bridgehead atoms. The molecule has 0 N–H and O–H groups in total. The standard InChI is InChI=1S/C21H26N6O/c1-2-28-18-7-3-16(4-8-18)13-25-9-11-26(12-10-25)20-19-21(23-14-22-20)27(15-24-19)17-5-6-17/h3-4,7-8,14-15,17H,2,5-6,9-13H2,1H3. The molecule has 1 saturated heterocycles. The van der Waals surface area contributed by atoms with E-state index >= 15 is 0 Å². The Bertz CT molecular complexity index is 941. The zero-order chi connectivity index (χ0) is 18.9. The first-order valence-corrected chi connectivity index (χ1v) is 10.2. The first kappa shape index (κ1) is 17.4. The number of rotatable bonds is 6. The third kappa shape index (κ3) is 3.42. The smallest absolute Gasteiger partial charge is 0.165 e. The number of hydrogen-bond acceptors (Lipinski definition) is 6. The number of fused-ring (bicyclic) bond motifs is 1. The van der Waals surface area contributed by atoms with Crippen molar-refractivity contribution >= 4 is 17.0 Å². The SMILES string of the molecule is CCOc1ccc(CN2CCN(c3ncnc4c3ncn4C3CC3)CC2)cc1. The van der Waals surface area contributed by atoms with Crippen molar-refractivity contribution < 1.29 is 4.74 Å². The molecule has 1 aliphatic heterocycles. The van der Waals surface area contributed by atoms with Crippen LogP contribution in [0.2, 0.25) is 0 Å². The van der Waals surface area contributed by atoms with Crippen molar-refractivity contribution in [3.8, 4) is 5.75 Å². The molecule has 3 aromatic rings. The fourth-order valence-corrected chi connectivity index (χ4v) is 3.92. The van der Waals surface area contributed by atoms with Crippen LogP contribution in [0, 0.1) is 0 Å². The lowest BCUT2D eigenvalue weighted by molar-refractivity contribution is 0.249. The third-order valence-corrected chi connectivity index (χ3v) is 5.59. The molecule has 2 fully saturated rings. The second-order valence-corrected chi connectivity index (χ2v) is 7.59. The molecule has 1 aliphatic carbocycles. The monoisotopic (exact) mass is 378 g/mol. The number of nitrogens with zero attached hydrogens (tertiary/aromatic N) is 6. The van der Waals surface area contributed by atoms with E-state index in [0.717, 1.165) is 55.5 Å². The molecule has 7 nitrogen and oxygen atoms in total. The van der Waals surface area contributed by atoms with Crippen molar-refractivity contribution in [3.05, 3.63) is 42.5 Å². The predicted octanol–water partition coefficient (Wildman–Crippen LogP) is 2.88. The van der Waals surface area contributed by atoms with Crippen LogP contribution in [0.15, 0.2) is 36.9 Å². The van der Waals surface area contributed by atoms with E-state index in [9.17, 15) is 0 Å². The summed E-state index contributed by atoms with van der Waals surface area (Å²) in [5.41, 5.74) is 3.24. The maximum atomic E-state index is 5.53. The number of aromatic nitrogens is 4. The average Bonchev–Trinajstić information content (AvgIpc) is 3.48. The van der Waals surface area contributed by atoms with Crippen LogP contribution in [0.5, 0.6) is 5.75 Å². The van der Waals surface area contributed by atoms with Gasteiger partial charge in [0.05, 0.1) is 12.9 Å². The molecule has 2 aromatic heterocycles. The van der Waals surface area contributed by atoms with Gasteiger partial charge in [0, 0.05) is 38.8 Å². The molecule has 1 aromatic carbocycles. The van der Waals surface area contributed by atoms with Gasteiger partial charge in [-0.3, -0.25) is 4.90 Å². The van der Waals surface area contributed by atoms with E-state index in [0.29, 0.717) is 12.6 Å². The minimum atomic E-state index is 0.582. The summed E-state index contributed by atoms with van der Waals surface area (Å²) in [6.45, 7) is 7.63. The van der Waals surface area contributed by atoms with Gasteiger partial charge in [0.2, 0.25) is 0 Å². The van der Waals surface area contributed by atoms with Gasteiger partial charge in [-0.05, 0) is 37.5 Å². The Hall–Kier alpha value is -2.67. The van der Waals surface area contributed by atoms with E-state index in [1.54, 1.807) is 6.33 Å². The van der Waals surface area contributed by atoms with Crippen LogP contribution in [0.3, 0.4) is 0 Å². The quantitative estimate of drug-likeness (QED) is 0.657. The Morgan fingerprint density at radius 1 is 1.00 bits per heavy atom. The summed E-state index contributed by atoms with van der Waals surface area (Å²) in [4.78, 5) is 18.5. The van der Waals surface area contributed by atoms with Crippen LogP contribution >= 0.6 is 0 Å². The lowest BCUT2D eigenvalue weighted by Crippen LogP contribution is -2.46. The largest absolute Gasteiger partial charge is 0.494 e. The molecule has 5 rings (SSSR count). The number of benzene rings is 1. The first-order valence-electron chi connectivity index (χ1n) is 10.2. The van der Waals surface area contributed by atoms with E-state index in [4.69, 9.17) is 4.74 Å². The summed E-state index contributed by atoms with van der Waals surface area (Å²) in [5.74, 6) is 1.92. The second kappa shape index (κ2) is 7.39. The van der Waals surface area contributed by atoms with Crippen LogP contribution in [-0.2, 0) is 6.54 Å². The summed E-state index contributed by atoms with van der Waals surface area (Å²) < 4.78 is 7.74. The highest BCUT2D eigenvalue weighted by Crippen LogP contribution is 2.37. The summed E-state index contributed by atoms with van der Waals surface area (Å²) in [6, 6.07) is 9.02. The zero-order valence-electron chi connectivity index (χ0n) is 16.3. The van der Waals surface area contributed by atoms with Crippen LogP contribution in [0.1, 0.15) is 31.4 Å². The molecule has 0 radical (unpaired) electrons. The van der Waals surface area contributed by atoms with Crippen molar-refractivity contribution in [3.63, 3.8) is 0 Å². The van der Waals surface area contributed by atoms with Crippen LogP contribution in [0.25, 0.3) is 11.2 Å². The van der Waals surface area contributed by atoms with Crippen molar-refractivity contribution in [2.24, 2.45) is 0 Å². The summed E-state index contributed by atoms with van der Waals surface area (Å²) in [5, 5.41) is 0. The summed E-state index contributed by atoms with van der Waals surface area (Å²) in [7, 11) is 0. The highest BCUT2D eigenvalue weighted by atomic mass is 16.5. The van der Waals surface area contributed by atoms with Crippen LogP contribution in [0.4, 0.5) is 5.82 Å². The van der Waals surface area contributed by atoms with E-state index in [1.807, 2.05) is 13.3 Å². The molecular formula is C21H26N6O. The number of ether oxygens (including phenoxy) is 1. The predicted molar refractivity (Wildman–Crippen MR) is 109 cm³/mol. The van der Waals surface area contributed by atoms with Crippen molar-refractivity contribution in [1.82, 2.24) is 24.4 Å². The van der Waals surface area contributed by atoms with Crippen molar-refractivity contribution in [1.29, 1.82) is 0 Å². The van der Waals surface area contributed by atoms with Crippen molar-refractivity contribution in [2.75, 3.05) is 37.7 Å². The lowest BCUT2D eigenvalue weighted by atomic mass is 10.2. The highest BCUT2D eigenvalue weighted by molar-refractivity contribution is 5.83. The van der Waals surface area contributed by atoms with Gasteiger partial charge < -0.3 is 14.2 Å². The Balaban J connectivity index is 1.24. The molecule has 7 heteroatoms. The van der Waals surface area contributed by atoms with Crippen LogP contribution in [-0.4, -0.2) is 57.2 Å². The zero-order valence-corrected chi connectivity index (χ0v) is 16.3. The van der Waals surface area contributed by atoms with Gasteiger partial charge in [-0.2, -0.15) is 0 Å². The fourth-order valence-electron chi connectivity index (χ4n) is 3.92. The molecule has 28 heavy (non-hydrogen) atoms. The van der Waals surface area contributed by atoms with E-state index < -0.39 is 0 Å².